The van der Waals surface area contributed by atoms with Crippen LogP contribution in [0.2, 0.25) is 0 Å². The van der Waals surface area contributed by atoms with Crippen molar-refractivity contribution in [3.63, 3.8) is 0 Å². The van der Waals surface area contributed by atoms with Crippen LogP contribution in [0.25, 0.3) is 0 Å². The first-order chi connectivity index (χ1) is 5.25. The summed E-state index contributed by atoms with van der Waals surface area (Å²) in [6.07, 6.45) is 3.76. The molecule has 0 saturated carbocycles. The molecule has 3 atom stereocenters. The molecule has 0 bridgehead atoms. The highest BCUT2D eigenvalue weighted by molar-refractivity contribution is 6.20. The maximum atomic E-state index is 5.99. The van der Waals surface area contributed by atoms with E-state index in [9.17, 15) is 0 Å². The van der Waals surface area contributed by atoms with Crippen LogP contribution < -0.4 is 0 Å². The first-order valence-electron chi connectivity index (χ1n) is 4.51. The van der Waals surface area contributed by atoms with Crippen LogP contribution in [0.1, 0.15) is 33.1 Å². The minimum atomic E-state index is -0.0171. The lowest BCUT2D eigenvalue weighted by Gasteiger charge is -2.14. The van der Waals surface area contributed by atoms with Crippen molar-refractivity contribution < 1.29 is 4.74 Å². The molecule has 0 aliphatic carbocycles. The molecule has 1 aliphatic heterocycles. The number of hydrogen-bond donors (Lipinski definition) is 0. The van der Waals surface area contributed by atoms with Gasteiger partial charge in [0.15, 0.2) is 0 Å². The smallest absolute Gasteiger partial charge is 0.134 e. The Labute approximate surface area is 74.1 Å². The number of ether oxygens (including phenoxy) is 1. The first kappa shape index (κ1) is 9.34. The van der Waals surface area contributed by atoms with E-state index in [4.69, 9.17) is 16.3 Å². The average Bonchev–Trinajstić information content (AvgIpc) is 2.29. The summed E-state index contributed by atoms with van der Waals surface area (Å²) in [5, 5.41) is 0. The average molecular weight is 177 g/mol. The molecule has 66 valence electrons. The summed E-state index contributed by atoms with van der Waals surface area (Å²) in [5.74, 6) is 1.25. The van der Waals surface area contributed by atoms with Crippen LogP contribution in [-0.4, -0.2) is 12.2 Å². The number of alkyl halides is 1. The van der Waals surface area contributed by atoms with Gasteiger partial charge in [0.1, 0.15) is 5.56 Å². The summed E-state index contributed by atoms with van der Waals surface area (Å²) in [6, 6.07) is 0. The lowest BCUT2D eigenvalue weighted by molar-refractivity contribution is 0.149. The van der Waals surface area contributed by atoms with Gasteiger partial charge < -0.3 is 4.74 Å². The molecule has 0 radical (unpaired) electrons. The molecule has 2 heteroatoms. The van der Waals surface area contributed by atoms with Gasteiger partial charge in [-0.25, -0.2) is 0 Å². The second-order valence-electron chi connectivity index (χ2n) is 3.47. The molecule has 1 aliphatic rings. The minimum Gasteiger partial charge on any atom is -0.362 e. The molecule has 0 amide bonds. The molecular weight excluding hydrogens is 160 g/mol. The molecular formula is C9H17ClO. The highest BCUT2D eigenvalue weighted by Gasteiger charge is 2.31. The van der Waals surface area contributed by atoms with Crippen LogP contribution in [0.3, 0.4) is 0 Å². The van der Waals surface area contributed by atoms with Gasteiger partial charge in [0.25, 0.3) is 0 Å². The number of unbranched alkanes of at least 4 members (excludes halogenated alkanes) is 1. The third-order valence-electron chi connectivity index (χ3n) is 2.48. The van der Waals surface area contributed by atoms with E-state index in [0.29, 0.717) is 11.8 Å². The summed E-state index contributed by atoms with van der Waals surface area (Å²) in [7, 11) is 0. The van der Waals surface area contributed by atoms with Crippen LogP contribution in [0.15, 0.2) is 0 Å². The van der Waals surface area contributed by atoms with E-state index in [1.54, 1.807) is 0 Å². The lowest BCUT2D eigenvalue weighted by atomic mass is 9.93. The molecule has 0 aromatic carbocycles. The first-order valence-corrected chi connectivity index (χ1v) is 4.95. The Morgan fingerprint density at radius 1 is 1.55 bits per heavy atom. The van der Waals surface area contributed by atoms with E-state index in [-0.39, 0.29) is 5.56 Å². The topological polar surface area (TPSA) is 9.23 Å². The SMILES string of the molecule is CCCCC1C(C)COC1Cl. The summed E-state index contributed by atoms with van der Waals surface area (Å²) in [5.41, 5.74) is -0.0171. The van der Waals surface area contributed by atoms with Crippen LogP contribution in [-0.2, 0) is 4.74 Å². The molecule has 1 rings (SSSR count). The Bertz CT molecular complexity index is 106. The van der Waals surface area contributed by atoms with Gasteiger partial charge in [0.05, 0.1) is 6.61 Å². The molecule has 1 heterocycles. The minimum absolute atomic E-state index is 0.0171. The van der Waals surface area contributed by atoms with Crippen molar-refractivity contribution >= 4 is 11.6 Å². The van der Waals surface area contributed by atoms with E-state index in [1.165, 1.54) is 19.3 Å². The fourth-order valence-electron chi connectivity index (χ4n) is 1.60. The molecule has 1 nitrogen and oxygen atoms in total. The third kappa shape index (κ3) is 2.34. The number of hydrogen-bond acceptors (Lipinski definition) is 1. The predicted molar refractivity (Wildman–Crippen MR) is 47.8 cm³/mol. The van der Waals surface area contributed by atoms with Gasteiger partial charge in [-0.2, -0.15) is 0 Å². The summed E-state index contributed by atoms with van der Waals surface area (Å²) in [6.45, 7) is 5.29. The zero-order valence-electron chi connectivity index (χ0n) is 7.35. The molecule has 0 N–H and O–H groups in total. The molecule has 11 heavy (non-hydrogen) atoms. The maximum absolute atomic E-state index is 5.99. The molecule has 3 unspecified atom stereocenters. The summed E-state index contributed by atoms with van der Waals surface area (Å²) < 4.78 is 5.34. The third-order valence-corrected chi connectivity index (χ3v) is 2.93. The van der Waals surface area contributed by atoms with Crippen molar-refractivity contribution in [1.82, 2.24) is 0 Å². The molecule has 0 aromatic heterocycles. The second-order valence-corrected chi connectivity index (χ2v) is 3.90. The van der Waals surface area contributed by atoms with Gasteiger partial charge in [-0.05, 0) is 12.3 Å². The monoisotopic (exact) mass is 176 g/mol. The Hall–Kier alpha value is 0.250. The number of halogens is 1. The Balaban J connectivity index is 2.29. The van der Waals surface area contributed by atoms with Crippen molar-refractivity contribution in [3.05, 3.63) is 0 Å². The lowest BCUT2D eigenvalue weighted by Crippen LogP contribution is -2.13. The summed E-state index contributed by atoms with van der Waals surface area (Å²) in [4.78, 5) is 0. The quantitative estimate of drug-likeness (QED) is 0.601. The van der Waals surface area contributed by atoms with Gasteiger partial charge in [-0.3, -0.25) is 0 Å². The number of rotatable bonds is 3. The maximum Gasteiger partial charge on any atom is 0.134 e. The van der Waals surface area contributed by atoms with Crippen molar-refractivity contribution in [3.8, 4) is 0 Å². The Kier molecular flexibility index (Phi) is 3.67. The van der Waals surface area contributed by atoms with Crippen LogP contribution in [0.5, 0.6) is 0 Å². The predicted octanol–water partition coefficient (Wildman–Crippen LogP) is 3.02. The Morgan fingerprint density at radius 2 is 2.27 bits per heavy atom. The largest absolute Gasteiger partial charge is 0.362 e. The van der Waals surface area contributed by atoms with Gasteiger partial charge in [-0.15, -0.1) is 0 Å². The van der Waals surface area contributed by atoms with E-state index in [0.717, 1.165) is 6.61 Å². The Morgan fingerprint density at radius 3 is 2.73 bits per heavy atom. The van der Waals surface area contributed by atoms with Crippen LogP contribution in [0.4, 0.5) is 0 Å². The van der Waals surface area contributed by atoms with E-state index in [1.807, 2.05) is 0 Å². The standard InChI is InChI=1S/C9H17ClO/c1-3-4-5-8-7(2)6-11-9(8)10/h7-9H,3-6H2,1-2H3. The molecule has 0 spiro atoms. The second kappa shape index (κ2) is 4.32. The molecule has 1 fully saturated rings. The van der Waals surface area contributed by atoms with Gasteiger partial charge in [0, 0.05) is 5.92 Å². The van der Waals surface area contributed by atoms with Crippen molar-refractivity contribution in [2.24, 2.45) is 11.8 Å². The zero-order chi connectivity index (χ0) is 8.27. The normalized spacial score (nSPS) is 37.9. The van der Waals surface area contributed by atoms with E-state index >= 15 is 0 Å². The fourth-order valence-corrected chi connectivity index (χ4v) is 2.05. The van der Waals surface area contributed by atoms with E-state index < -0.39 is 0 Å². The van der Waals surface area contributed by atoms with Gasteiger partial charge >= 0.3 is 0 Å². The fraction of sp³-hybridized carbons (Fsp3) is 1.00. The molecule has 0 aromatic rings. The van der Waals surface area contributed by atoms with Gasteiger partial charge in [0.2, 0.25) is 0 Å². The highest BCUT2D eigenvalue weighted by Crippen LogP contribution is 2.32. The van der Waals surface area contributed by atoms with Crippen molar-refractivity contribution in [1.29, 1.82) is 0 Å². The van der Waals surface area contributed by atoms with E-state index in [2.05, 4.69) is 13.8 Å². The van der Waals surface area contributed by atoms with Gasteiger partial charge in [-0.1, -0.05) is 38.3 Å². The van der Waals surface area contributed by atoms with Crippen LogP contribution in [0, 0.1) is 11.8 Å². The van der Waals surface area contributed by atoms with Crippen LogP contribution >= 0.6 is 11.6 Å². The zero-order valence-corrected chi connectivity index (χ0v) is 8.10. The highest BCUT2D eigenvalue weighted by atomic mass is 35.5. The van der Waals surface area contributed by atoms with Crippen molar-refractivity contribution in [2.45, 2.75) is 38.7 Å². The molecule has 1 saturated heterocycles. The summed E-state index contributed by atoms with van der Waals surface area (Å²) >= 11 is 5.99. The van der Waals surface area contributed by atoms with Crippen molar-refractivity contribution in [2.75, 3.05) is 6.61 Å².